The van der Waals surface area contributed by atoms with E-state index < -0.39 is 6.04 Å². The molecule has 2 aliphatic heterocycles. The van der Waals surface area contributed by atoms with Crippen molar-refractivity contribution in [2.24, 2.45) is 0 Å². The molecule has 100 valence electrons. The lowest BCUT2D eigenvalue weighted by Gasteiger charge is -2.39. The predicted molar refractivity (Wildman–Crippen MR) is 70.9 cm³/mol. The van der Waals surface area contributed by atoms with Gasteiger partial charge in [-0.05, 0) is 25.5 Å². The average molecular weight is 259 g/mol. The highest BCUT2D eigenvalue weighted by Crippen LogP contribution is 2.28. The number of piperazine rings is 1. The Bertz CT molecular complexity index is 496. The van der Waals surface area contributed by atoms with Gasteiger partial charge >= 0.3 is 0 Å². The predicted octanol–water partition coefficient (Wildman–Crippen LogP) is 2.17. The molecule has 0 aromatic heterocycles. The molecule has 0 radical (unpaired) electrons. The number of benzene rings is 1. The maximum atomic E-state index is 13.9. The van der Waals surface area contributed by atoms with E-state index in [1.807, 2.05) is 0 Å². The van der Waals surface area contributed by atoms with Gasteiger partial charge in [-0.25, -0.2) is 4.39 Å². The summed E-state index contributed by atoms with van der Waals surface area (Å²) in [6.45, 7) is 3.91. The van der Waals surface area contributed by atoms with Crippen molar-refractivity contribution in [2.75, 3.05) is 26.2 Å². The third kappa shape index (κ3) is 2.36. The Morgan fingerprint density at radius 2 is 2.11 bits per heavy atom. The van der Waals surface area contributed by atoms with Gasteiger partial charge in [0.2, 0.25) is 0 Å². The van der Waals surface area contributed by atoms with Crippen LogP contribution >= 0.6 is 0 Å². The maximum absolute atomic E-state index is 13.9. The zero-order valence-corrected chi connectivity index (χ0v) is 10.9. The normalized spacial score (nSPS) is 25.8. The standard InChI is InChI=1S/C15H18FN3/c16-14-6-2-1-5-13(14)15(10-17)19-9-8-18-7-3-4-12(18)11-19/h1-2,5-6,12,15H,3-4,7-9,11H2/t12-,15?/m1/s1. The number of fused-ring (bicyclic) bond motifs is 1. The van der Waals surface area contributed by atoms with E-state index in [1.165, 1.54) is 25.5 Å². The van der Waals surface area contributed by atoms with Crippen molar-refractivity contribution in [3.05, 3.63) is 35.6 Å². The van der Waals surface area contributed by atoms with Crippen LogP contribution in [0.5, 0.6) is 0 Å². The van der Waals surface area contributed by atoms with E-state index in [1.54, 1.807) is 18.2 Å². The van der Waals surface area contributed by atoms with Crippen molar-refractivity contribution < 1.29 is 4.39 Å². The molecule has 0 saturated carbocycles. The number of halogens is 1. The van der Waals surface area contributed by atoms with Crippen LogP contribution in [-0.4, -0.2) is 42.0 Å². The van der Waals surface area contributed by atoms with Crippen LogP contribution in [0.1, 0.15) is 24.4 Å². The van der Waals surface area contributed by atoms with E-state index in [-0.39, 0.29) is 5.82 Å². The molecule has 0 N–H and O–H groups in total. The van der Waals surface area contributed by atoms with Gasteiger partial charge in [0.25, 0.3) is 0 Å². The summed E-state index contributed by atoms with van der Waals surface area (Å²) in [6.07, 6.45) is 2.45. The fourth-order valence-electron chi connectivity index (χ4n) is 3.29. The van der Waals surface area contributed by atoms with Crippen LogP contribution in [0.25, 0.3) is 0 Å². The quantitative estimate of drug-likeness (QED) is 0.815. The second-order valence-corrected chi connectivity index (χ2v) is 5.38. The summed E-state index contributed by atoms with van der Waals surface area (Å²) < 4.78 is 13.9. The lowest BCUT2D eigenvalue weighted by atomic mass is 10.0. The average Bonchev–Trinajstić information content (AvgIpc) is 2.89. The van der Waals surface area contributed by atoms with E-state index in [9.17, 15) is 9.65 Å². The molecule has 0 amide bonds. The van der Waals surface area contributed by atoms with Gasteiger partial charge in [-0.2, -0.15) is 5.26 Å². The highest BCUT2D eigenvalue weighted by Gasteiger charge is 2.34. The number of hydrogen-bond donors (Lipinski definition) is 0. The van der Waals surface area contributed by atoms with Crippen LogP contribution < -0.4 is 0 Å². The molecule has 1 aromatic carbocycles. The molecule has 3 rings (SSSR count). The van der Waals surface area contributed by atoms with Crippen molar-refractivity contribution in [1.29, 1.82) is 5.26 Å². The Hall–Kier alpha value is -1.44. The minimum atomic E-state index is -0.455. The molecule has 2 atom stereocenters. The highest BCUT2D eigenvalue weighted by atomic mass is 19.1. The Balaban J connectivity index is 1.80. The molecule has 1 unspecified atom stereocenters. The fraction of sp³-hybridized carbons (Fsp3) is 0.533. The zero-order valence-electron chi connectivity index (χ0n) is 10.9. The zero-order chi connectivity index (χ0) is 13.2. The minimum absolute atomic E-state index is 0.275. The molecule has 1 aromatic rings. The molecule has 0 bridgehead atoms. The number of nitrogens with zero attached hydrogens (tertiary/aromatic N) is 3. The van der Waals surface area contributed by atoms with Crippen molar-refractivity contribution in [3.63, 3.8) is 0 Å². The number of rotatable bonds is 2. The van der Waals surface area contributed by atoms with Gasteiger partial charge in [-0.1, -0.05) is 18.2 Å². The summed E-state index contributed by atoms with van der Waals surface area (Å²) in [5.41, 5.74) is 0.511. The van der Waals surface area contributed by atoms with Crippen LogP contribution in [0.4, 0.5) is 4.39 Å². The van der Waals surface area contributed by atoms with Crippen LogP contribution in [0.2, 0.25) is 0 Å². The summed E-state index contributed by atoms with van der Waals surface area (Å²) in [7, 11) is 0. The van der Waals surface area contributed by atoms with Crippen molar-refractivity contribution in [2.45, 2.75) is 24.9 Å². The van der Waals surface area contributed by atoms with Gasteiger partial charge in [0.15, 0.2) is 0 Å². The van der Waals surface area contributed by atoms with E-state index in [4.69, 9.17) is 0 Å². The van der Waals surface area contributed by atoms with Gasteiger partial charge in [0, 0.05) is 31.2 Å². The van der Waals surface area contributed by atoms with Gasteiger partial charge in [-0.3, -0.25) is 9.80 Å². The first kappa shape index (κ1) is 12.6. The monoisotopic (exact) mass is 259 g/mol. The van der Waals surface area contributed by atoms with Crippen LogP contribution in [0.15, 0.2) is 24.3 Å². The molecule has 2 aliphatic rings. The highest BCUT2D eigenvalue weighted by molar-refractivity contribution is 5.26. The largest absolute Gasteiger partial charge is 0.298 e. The maximum Gasteiger partial charge on any atom is 0.129 e. The molecule has 3 nitrogen and oxygen atoms in total. The minimum Gasteiger partial charge on any atom is -0.298 e. The van der Waals surface area contributed by atoms with E-state index >= 15 is 0 Å². The Labute approximate surface area is 113 Å². The van der Waals surface area contributed by atoms with E-state index in [0.29, 0.717) is 11.6 Å². The van der Waals surface area contributed by atoms with Crippen LogP contribution in [-0.2, 0) is 0 Å². The first-order chi connectivity index (χ1) is 9.29. The third-order valence-electron chi connectivity index (χ3n) is 4.31. The summed E-state index contributed by atoms with van der Waals surface area (Å²) in [4.78, 5) is 4.62. The third-order valence-corrected chi connectivity index (χ3v) is 4.31. The van der Waals surface area contributed by atoms with Gasteiger partial charge < -0.3 is 0 Å². The number of nitriles is 1. The molecule has 0 aliphatic carbocycles. The van der Waals surface area contributed by atoms with Crippen LogP contribution in [0.3, 0.4) is 0 Å². The summed E-state index contributed by atoms with van der Waals surface area (Å²) in [5, 5.41) is 9.42. The Morgan fingerprint density at radius 1 is 1.26 bits per heavy atom. The number of hydrogen-bond acceptors (Lipinski definition) is 3. The molecule has 0 spiro atoms. The summed E-state index contributed by atoms with van der Waals surface area (Å²) >= 11 is 0. The second-order valence-electron chi connectivity index (χ2n) is 5.38. The molecule has 2 saturated heterocycles. The lowest BCUT2D eigenvalue weighted by molar-refractivity contribution is 0.0866. The van der Waals surface area contributed by atoms with Gasteiger partial charge in [-0.15, -0.1) is 0 Å². The molecule has 4 heteroatoms. The molecular formula is C15H18FN3. The molecule has 19 heavy (non-hydrogen) atoms. The molecule has 2 fully saturated rings. The van der Waals surface area contributed by atoms with Gasteiger partial charge in [0.05, 0.1) is 6.07 Å². The van der Waals surface area contributed by atoms with Crippen molar-refractivity contribution in [3.8, 4) is 6.07 Å². The smallest absolute Gasteiger partial charge is 0.129 e. The summed E-state index contributed by atoms with van der Waals surface area (Å²) in [5.74, 6) is -0.275. The molecule has 2 heterocycles. The Kier molecular flexibility index (Phi) is 3.50. The first-order valence-electron chi connectivity index (χ1n) is 6.92. The van der Waals surface area contributed by atoms with Crippen molar-refractivity contribution in [1.82, 2.24) is 9.80 Å². The Morgan fingerprint density at radius 3 is 2.89 bits per heavy atom. The van der Waals surface area contributed by atoms with E-state index in [2.05, 4.69) is 15.9 Å². The second kappa shape index (κ2) is 5.28. The first-order valence-corrected chi connectivity index (χ1v) is 6.92. The van der Waals surface area contributed by atoms with Crippen molar-refractivity contribution >= 4 is 0 Å². The molecular weight excluding hydrogens is 241 g/mol. The fourth-order valence-corrected chi connectivity index (χ4v) is 3.29. The summed E-state index contributed by atoms with van der Waals surface area (Å²) in [6, 6.07) is 9.01. The van der Waals surface area contributed by atoms with Gasteiger partial charge in [0.1, 0.15) is 11.9 Å². The van der Waals surface area contributed by atoms with E-state index in [0.717, 1.165) is 19.6 Å². The topological polar surface area (TPSA) is 30.3 Å². The SMILES string of the molecule is N#CC(c1ccccc1F)N1CCN2CCC[C@@H]2C1. The van der Waals surface area contributed by atoms with Crippen LogP contribution in [0, 0.1) is 17.1 Å². The lowest BCUT2D eigenvalue weighted by Crippen LogP contribution is -2.50.